The van der Waals surface area contributed by atoms with Gasteiger partial charge in [0, 0.05) is 32.0 Å². The predicted molar refractivity (Wildman–Crippen MR) is 69.7 cm³/mol. The molecular formula is C13H20N2O2. The van der Waals surface area contributed by atoms with E-state index in [9.17, 15) is 0 Å². The van der Waals surface area contributed by atoms with Crippen LogP contribution in [0.25, 0.3) is 0 Å². The molecule has 1 heterocycles. The first-order valence-corrected chi connectivity index (χ1v) is 5.96. The Bertz CT molecular complexity index is 382. The molecule has 1 fully saturated rings. The van der Waals surface area contributed by atoms with Crippen LogP contribution in [0.15, 0.2) is 18.2 Å². The molecule has 1 saturated heterocycles. The lowest BCUT2D eigenvalue weighted by Crippen LogP contribution is -2.39. The minimum Gasteiger partial charge on any atom is -0.495 e. The van der Waals surface area contributed by atoms with E-state index < -0.39 is 0 Å². The SMILES string of the molecule is COc1cc(N2CCCC(OC)C2)ccc1N. The highest BCUT2D eigenvalue weighted by atomic mass is 16.5. The van der Waals surface area contributed by atoms with Gasteiger partial charge >= 0.3 is 0 Å². The van der Waals surface area contributed by atoms with Crippen LogP contribution in [-0.2, 0) is 4.74 Å². The van der Waals surface area contributed by atoms with E-state index in [2.05, 4.69) is 4.90 Å². The number of rotatable bonds is 3. The Morgan fingerprint density at radius 1 is 1.35 bits per heavy atom. The Kier molecular flexibility index (Phi) is 3.74. The van der Waals surface area contributed by atoms with Crippen molar-refractivity contribution in [1.82, 2.24) is 0 Å². The van der Waals surface area contributed by atoms with E-state index in [0.29, 0.717) is 11.8 Å². The average molecular weight is 236 g/mol. The highest BCUT2D eigenvalue weighted by molar-refractivity contribution is 5.62. The highest BCUT2D eigenvalue weighted by Gasteiger charge is 2.20. The molecule has 1 aliphatic heterocycles. The van der Waals surface area contributed by atoms with E-state index in [1.165, 1.54) is 0 Å². The van der Waals surface area contributed by atoms with Gasteiger partial charge in [0.2, 0.25) is 0 Å². The van der Waals surface area contributed by atoms with Gasteiger partial charge in [0.15, 0.2) is 0 Å². The van der Waals surface area contributed by atoms with Crippen LogP contribution in [0.3, 0.4) is 0 Å². The van der Waals surface area contributed by atoms with Gasteiger partial charge in [0.25, 0.3) is 0 Å². The summed E-state index contributed by atoms with van der Waals surface area (Å²) in [5.74, 6) is 0.738. The number of piperidine rings is 1. The molecule has 2 N–H and O–H groups in total. The zero-order valence-electron chi connectivity index (χ0n) is 10.5. The summed E-state index contributed by atoms with van der Waals surface area (Å²) >= 11 is 0. The molecule has 0 amide bonds. The molecule has 1 aliphatic rings. The molecule has 0 aromatic heterocycles. The zero-order chi connectivity index (χ0) is 12.3. The summed E-state index contributed by atoms with van der Waals surface area (Å²) in [5, 5.41) is 0. The first-order valence-electron chi connectivity index (χ1n) is 5.96. The van der Waals surface area contributed by atoms with Crippen LogP contribution in [-0.4, -0.2) is 33.4 Å². The topological polar surface area (TPSA) is 47.7 Å². The monoisotopic (exact) mass is 236 g/mol. The minimum absolute atomic E-state index is 0.326. The van der Waals surface area contributed by atoms with Gasteiger partial charge in [-0.25, -0.2) is 0 Å². The first kappa shape index (κ1) is 12.0. The third kappa shape index (κ3) is 2.64. The maximum Gasteiger partial charge on any atom is 0.143 e. The van der Waals surface area contributed by atoms with E-state index in [1.54, 1.807) is 14.2 Å². The van der Waals surface area contributed by atoms with Crippen molar-refractivity contribution in [2.24, 2.45) is 0 Å². The van der Waals surface area contributed by atoms with Gasteiger partial charge in [-0.2, -0.15) is 0 Å². The number of anilines is 2. The van der Waals surface area contributed by atoms with Crippen LogP contribution in [0, 0.1) is 0 Å². The second-order valence-corrected chi connectivity index (χ2v) is 4.37. The third-order valence-corrected chi connectivity index (χ3v) is 3.29. The Hall–Kier alpha value is -1.42. The smallest absolute Gasteiger partial charge is 0.143 e. The molecule has 1 aromatic rings. The summed E-state index contributed by atoms with van der Waals surface area (Å²) in [4.78, 5) is 2.32. The van der Waals surface area contributed by atoms with Crippen LogP contribution in [0.2, 0.25) is 0 Å². The molecule has 4 nitrogen and oxygen atoms in total. The van der Waals surface area contributed by atoms with E-state index in [4.69, 9.17) is 15.2 Å². The summed E-state index contributed by atoms with van der Waals surface area (Å²) in [5.41, 5.74) is 7.64. The molecule has 1 aromatic carbocycles. The molecule has 0 radical (unpaired) electrons. The van der Waals surface area contributed by atoms with Crippen LogP contribution in [0.1, 0.15) is 12.8 Å². The fraction of sp³-hybridized carbons (Fsp3) is 0.538. The van der Waals surface area contributed by atoms with Crippen LogP contribution < -0.4 is 15.4 Å². The van der Waals surface area contributed by atoms with Gasteiger partial charge in [-0.1, -0.05) is 0 Å². The first-order chi connectivity index (χ1) is 8.24. The molecule has 0 aliphatic carbocycles. The summed E-state index contributed by atoms with van der Waals surface area (Å²) in [7, 11) is 3.42. The summed E-state index contributed by atoms with van der Waals surface area (Å²) in [6.07, 6.45) is 2.62. The molecule has 4 heteroatoms. The summed E-state index contributed by atoms with van der Waals surface area (Å²) < 4.78 is 10.7. The van der Waals surface area contributed by atoms with Crippen molar-refractivity contribution >= 4 is 11.4 Å². The fourth-order valence-electron chi connectivity index (χ4n) is 2.26. The Morgan fingerprint density at radius 3 is 2.88 bits per heavy atom. The molecule has 0 spiro atoms. The molecule has 17 heavy (non-hydrogen) atoms. The van der Waals surface area contributed by atoms with Crippen LogP contribution in [0.5, 0.6) is 5.75 Å². The lowest BCUT2D eigenvalue weighted by molar-refractivity contribution is 0.0893. The quantitative estimate of drug-likeness (QED) is 0.814. The lowest BCUT2D eigenvalue weighted by atomic mass is 10.1. The van der Waals surface area contributed by atoms with Crippen molar-refractivity contribution in [3.8, 4) is 5.75 Å². The van der Waals surface area contributed by atoms with Crippen LogP contribution >= 0.6 is 0 Å². The van der Waals surface area contributed by atoms with Crippen molar-refractivity contribution < 1.29 is 9.47 Å². The number of nitrogen functional groups attached to an aromatic ring is 1. The van der Waals surface area contributed by atoms with Crippen molar-refractivity contribution in [3.05, 3.63) is 18.2 Å². The van der Waals surface area contributed by atoms with Crippen molar-refractivity contribution in [2.75, 3.05) is 37.9 Å². The number of hydrogen-bond acceptors (Lipinski definition) is 4. The maximum atomic E-state index is 5.81. The lowest BCUT2D eigenvalue weighted by Gasteiger charge is -2.33. The molecule has 1 atom stereocenters. The van der Waals surface area contributed by atoms with Gasteiger partial charge < -0.3 is 20.1 Å². The van der Waals surface area contributed by atoms with E-state index >= 15 is 0 Å². The van der Waals surface area contributed by atoms with Gasteiger partial charge in [-0.15, -0.1) is 0 Å². The standard InChI is InChI=1S/C13H20N2O2/c1-16-11-4-3-7-15(9-11)10-5-6-12(14)13(8-10)17-2/h5-6,8,11H,3-4,7,9,14H2,1-2H3. The number of nitrogens with two attached hydrogens (primary N) is 1. The Balaban J connectivity index is 2.16. The normalized spacial score (nSPS) is 20.4. The third-order valence-electron chi connectivity index (χ3n) is 3.29. The van der Waals surface area contributed by atoms with E-state index in [-0.39, 0.29) is 0 Å². The molecule has 94 valence electrons. The maximum absolute atomic E-state index is 5.81. The number of ether oxygens (including phenoxy) is 2. The van der Waals surface area contributed by atoms with Crippen molar-refractivity contribution in [1.29, 1.82) is 0 Å². The predicted octanol–water partition coefficient (Wildman–Crippen LogP) is 1.89. The van der Waals surface area contributed by atoms with Crippen molar-refractivity contribution in [2.45, 2.75) is 18.9 Å². The molecular weight excluding hydrogens is 216 g/mol. The number of methoxy groups -OCH3 is 2. The molecule has 0 bridgehead atoms. The Labute approximate surface area is 102 Å². The molecule has 1 unspecified atom stereocenters. The second kappa shape index (κ2) is 5.27. The fourth-order valence-corrected chi connectivity index (χ4v) is 2.26. The number of nitrogens with zero attached hydrogens (tertiary/aromatic N) is 1. The second-order valence-electron chi connectivity index (χ2n) is 4.37. The highest BCUT2D eigenvalue weighted by Crippen LogP contribution is 2.29. The average Bonchev–Trinajstić information content (AvgIpc) is 2.39. The largest absolute Gasteiger partial charge is 0.495 e. The minimum atomic E-state index is 0.326. The number of benzene rings is 1. The summed E-state index contributed by atoms with van der Waals surface area (Å²) in [6, 6.07) is 5.92. The zero-order valence-corrected chi connectivity index (χ0v) is 10.5. The number of hydrogen-bond donors (Lipinski definition) is 1. The molecule has 2 rings (SSSR count). The van der Waals surface area contributed by atoms with Gasteiger partial charge in [-0.05, 0) is 25.0 Å². The Morgan fingerprint density at radius 2 is 2.18 bits per heavy atom. The van der Waals surface area contributed by atoms with Gasteiger partial charge in [0.05, 0.1) is 18.9 Å². The van der Waals surface area contributed by atoms with E-state index in [0.717, 1.165) is 37.4 Å². The van der Waals surface area contributed by atoms with E-state index in [1.807, 2.05) is 18.2 Å². The summed E-state index contributed by atoms with van der Waals surface area (Å²) in [6.45, 7) is 2.00. The van der Waals surface area contributed by atoms with Gasteiger partial charge in [0.1, 0.15) is 5.75 Å². The van der Waals surface area contributed by atoms with Crippen LogP contribution in [0.4, 0.5) is 11.4 Å². The van der Waals surface area contributed by atoms with Crippen molar-refractivity contribution in [3.63, 3.8) is 0 Å². The molecule has 0 saturated carbocycles. The van der Waals surface area contributed by atoms with Gasteiger partial charge in [-0.3, -0.25) is 0 Å².